The third-order valence-electron chi connectivity index (χ3n) is 4.10. The van der Waals surface area contributed by atoms with Gasteiger partial charge in [-0.3, -0.25) is 4.90 Å². The molecule has 2 N–H and O–H groups in total. The first-order valence-electron chi connectivity index (χ1n) is 7.35. The molecule has 4 nitrogen and oxygen atoms in total. The molecule has 0 bridgehead atoms. The minimum absolute atomic E-state index is 0.268. The SMILES string of the molecule is COCC1CCCN(C(CN)c2cccc(OC)c2)C1. The first-order valence-corrected chi connectivity index (χ1v) is 7.35. The highest BCUT2D eigenvalue weighted by atomic mass is 16.5. The molecule has 0 aromatic heterocycles. The molecule has 2 unspecified atom stereocenters. The van der Waals surface area contributed by atoms with Crippen LogP contribution >= 0.6 is 0 Å². The van der Waals surface area contributed by atoms with Gasteiger partial charge in [0.1, 0.15) is 5.75 Å². The van der Waals surface area contributed by atoms with Crippen LogP contribution < -0.4 is 10.5 Å². The topological polar surface area (TPSA) is 47.7 Å². The minimum Gasteiger partial charge on any atom is -0.497 e. The van der Waals surface area contributed by atoms with Crippen molar-refractivity contribution in [3.63, 3.8) is 0 Å². The van der Waals surface area contributed by atoms with Crippen LogP contribution in [0.5, 0.6) is 5.75 Å². The Hall–Kier alpha value is -1.10. The Morgan fingerprint density at radius 1 is 1.40 bits per heavy atom. The van der Waals surface area contributed by atoms with E-state index in [-0.39, 0.29) is 6.04 Å². The summed E-state index contributed by atoms with van der Waals surface area (Å²) >= 11 is 0. The Morgan fingerprint density at radius 2 is 2.25 bits per heavy atom. The molecule has 2 atom stereocenters. The summed E-state index contributed by atoms with van der Waals surface area (Å²) in [5.74, 6) is 1.51. The average Bonchev–Trinajstić information content (AvgIpc) is 2.49. The predicted octanol–water partition coefficient (Wildman–Crippen LogP) is 2.05. The van der Waals surface area contributed by atoms with Crippen LogP contribution in [0, 0.1) is 5.92 Å². The molecule has 112 valence electrons. The lowest BCUT2D eigenvalue weighted by molar-refractivity contribution is 0.0696. The van der Waals surface area contributed by atoms with Gasteiger partial charge in [0, 0.05) is 26.2 Å². The second-order valence-corrected chi connectivity index (χ2v) is 5.49. The third kappa shape index (κ3) is 3.72. The zero-order valence-electron chi connectivity index (χ0n) is 12.5. The van der Waals surface area contributed by atoms with Gasteiger partial charge >= 0.3 is 0 Å². The molecule has 1 aromatic rings. The van der Waals surface area contributed by atoms with Crippen LogP contribution in [-0.2, 0) is 4.74 Å². The minimum atomic E-state index is 0.268. The Labute approximate surface area is 121 Å². The van der Waals surface area contributed by atoms with E-state index in [0.29, 0.717) is 12.5 Å². The Bertz CT molecular complexity index is 409. The lowest BCUT2D eigenvalue weighted by atomic mass is 9.95. The first kappa shape index (κ1) is 15.3. The molecule has 0 radical (unpaired) electrons. The summed E-state index contributed by atoms with van der Waals surface area (Å²) in [6.07, 6.45) is 2.47. The van der Waals surface area contributed by atoms with Crippen molar-refractivity contribution in [1.29, 1.82) is 0 Å². The molecule has 0 amide bonds. The normalized spacial score (nSPS) is 21.6. The van der Waals surface area contributed by atoms with Crippen molar-refractivity contribution in [3.8, 4) is 5.75 Å². The molecular formula is C16H26N2O2. The summed E-state index contributed by atoms with van der Waals surface area (Å²) in [6.45, 7) is 3.64. The lowest BCUT2D eigenvalue weighted by Gasteiger charge is -2.38. The average molecular weight is 278 g/mol. The van der Waals surface area contributed by atoms with Crippen LogP contribution in [0.15, 0.2) is 24.3 Å². The molecule has 0 aliphatic carbocycles. The maximum absolute atomic E-state index is 6.03. The molecule has 1 saturated heterocycles. The van der Waals surface area contributed by atoms with Gasteiger partial charge in [0.05, 0.1) is 13.7 Å². The van der Waals surface area contributed by atoms with Crippen LogP contribution in [0.1, 0.15) is 24.4 Å². The summed E-state index contributed by atoms with van der Waals surface area (Å²) in [5, 5.41) is 0. The van der Waals surface area contributed by atoms with E-state index in [0.717, 1.165) is 25.4 Å². The van der Waals surface area contributed by atoms with Gasteiger partial charge in [0.15, 0.2) is 0 Å². The number of rotatable bonds is 6. The molecule has 1 aromatic carbocycles. The molecule has 4 heteroatoms. The fraction of sp³-hybridized carbons (Fsp3) is 0.625. The molecule has 0 saturated carbocycles. The van der Waals surface area contributed by atoms with Gasteiger partial charge in [-0.05, 0) is 43.0 Å². The number of nitrogens with zero attached hydrogens (tertiary/aromatic N) is 1. The number of likely N-dealkylation sites (tertiary alicyclic amines) is 1. The molecule has 1 heterocycles. The molecule has 1 aliphatic rings. The van der Waals surface area contributed by atoms with Crippen LogP contribution in [0.2, 0.25) is 0 Å². The zero-order chi connectivity index (χ0) is 14.4. The summed E-state index contributed by atoms with van der Waals surface area (Å²) in [5.41, 5.74) is 7.27. The van der Waals surface area contributed by atoms with Gasteiger partial charge in [-0.15, -0.1) is 0 Å². The van der Waals surface area contributed by atoms with Crippen LogP contribution in [0.3, 0.4) is 0 Å². The predicted molar refractivity (Wildman–Crippen MR) is 81.0 cm³/mol. The second-order valence-electron chi connectivity index (χ2n) is 5.49. The fourth-order valence-corrected chi connectivity index (χ4v) is 3.10. The number of nitrogens with two attached hydrogens (primary N) is 1. The third-order valence-corrected chi connectivity index (χ3v) is 4.10. The molecule has 1 aliphatic heterocycles. The maximum Gasteiger partial charge on any atom is 0.119 e. The number of hydrogen-bond donors (Lipinski definition) is 1. The van der Waals surface area contributed by atoms with Crippen molar-refractivity contribution in [3.05, 3.63) is 29.8 Å². The second kappa shape index (κ2) is 7.62. The van der Waals surface area contributed by atoms with Crippen molar-refractivity contribution in [2.45, 2.75) is 18.9 Å². The van der Waals surface area contributed by atoms with E-state index in [4.69, 9.17) is 15.2 Å². The number of methoxy groups -OCH3 is 2. The Morgan fingerprint density at radius 3 is 2.95 bits per heavy atom. The number of piperidine rings is 1. The highest BCUT2D eigenvalue weighted by Crippen LogP contribution is 2.28. The highest BCUT2D eigenvalue weighted by Gasteiger charge is 2.26. The Kier molecular flexibility index (Phi) is 5.83. The van der Waals surface area contributed by atoms with E-state index >= 15 is 0 Å². The molecule has 20 heavy (non-hydrogen) atoms. The van der Waals surface area contributed by atoms with Crippen LogP contribution in [0.4, 0.5) is 0 Å². The van der Waals surface area contributed by atoms with Gasteiger partial charge in [-0.1, -0.05) is 12.1 Å². The standard InChI is InChI=1S/C16H26N2O2/c1-19-12-13-5-4-8-18(11-13)16(10-17)14-6-3-7-15(9-14)20-2/h3,6-7,9,13,16H,4-5,8,10-12,17H2,1-2H3. The van der Waals surface area contributed by atoms with Crippen LogP contribution in [0.25, 0.3) is 0 Å². The van der Waals surface area contributed by atoms with Crippen molar-refractivity contribution >= 4 is 0 Å². The van der Waals surface area contributed by atoms with Gasteiger partial charge in [-0.25, -0.2) is 0 Å². The van der Waals surface area contributed by atoms with E-state index in [1.54, 1.807) is 14.2 Å². The van der Waals surface area contributed by atoms with E-state index < -0.39 is 0 Å². The molecular weight excluding hydrogens is 252 g/mol. The number of ether oxygens (including phenoxy) is 2. The molecule has 2 rings (SSSR count). The number of benzene rings is 1. The van der Waals surface area contributed by atoms with Gasteiger partial charge in [0.25, 0.3) is 0 Å². The van der Waals surface area contributed by atoms with E-state index in [9.17, 15) is 0 Å². The smallest absolute Gasteiger partial charge is 0.119 e. The Balaban J connectivity index is 2.10. The molecule has 1 fully saturated rings. The lowest BCUT2D eigenvalue weighted by Crippen LogP contribution is -2.42. The van der Waals surface area contributed by atoms with Gasteiger partial charge in [-0.2, -0.15) is 0 Å². The van der Waals surface area contributed by atoms with Gasteiger partial charge < -0.3 is 15.2 Å². The number of hydrogen-bond acceptors (Lipinski definition) is 4. The summed E-state index contributed by atoms with van der Waals surface area (Å²) in [6, 6.07) is 8.51. The van der Waals surface area contributed by atoms with Crippen molar-refractivity contribution in [2.75, 3.05) is 40.5 Å². The quantitative estimate of drug-likeness (QED) is 0.865. The van der Waals surface area contributed by atoms with Gasteiger partial charge in [0.2, 0.25) is 0 Å². The van der Waals surface area contributed by atoms with Crippen molar-refractivity contribution < 1.29 is 9.47 Å². The fourth-order valence-electron chi connectivity index (χ4n) is 3.10. The van der Waals surface area contributed by atoms with E-state index in [1.807, 2.05) is 12.1 Å². The van der Waals surface area contributed by atoms with Crippen LogP contribution in [-0.4, -0.2) is 45.4 Å². The first-order chi connectivity index (χ1) is 9.78. The van der Waals surface area contributed by atoms with E-state index in [1.165, 1.54) is 18.4 Å². The monoisotopic (exact) mass is 278 g/mol. The largest absolute Gasteiger partial charge is 0.497 e. The van der Waals surface area contributed by atoms with Crippen molar-refractivity contribution in [2.24, 2.45) is 11.7 Å². The maximum atomic E-state index is 6.03. The zero-order valence-corrected chi connectivity index (χ0v) is 12.5. The van der Waals surface area contributed by atoms with Crippen molar-refractivity contribution in [1.82, 2.24) is 4.90 Å². The van der Waals surface area contributed by atoms with E-state index in [2.05, 4.69) is 17.0 Å². The summed E-state index contributed by atoms with van der Waals surface area (Å²) in [4.78, 5) is 2.49. The summed E-state index contributed by atoms with van der Waals surface area (Å²) in [7, 11) is 3.48. The molecule has 0 spiro atoms. The summed E-state index contributed by atoms with van der Waals surface area (Å²) < 4.78 is 10.6. The highest BCUT2D eigenvalue weighted by molar-refractivity contribution is 5.30.